The SMILES string of the molecule is CC1CC(N2CC(C)(C)NCC2C)CCO1. The van der Waals surface area contributed by atoms with Crippen LogP contribution in [0.1, 0.15) is 40.5 Å². The highest BCUT2D eigenvalue weighted by atomic mass is 16.5. The van der Waals surface area contributed by atoms with Gasteiger partial charge in [-0.2, -0.15) is 0 Å². The molecular formula is C13H26N2O. The molecule has 0 amide bonds. The standard InChI is InChI=1S/C13H26N2O/c1-10-8-14-13(3,4)9-15(10)12-5-6-16-11(2)7-12/h10-12,14H,5-9H2,1-4H3. The highest BCUT2D eigenvalue weighted by Crippen LogP contribution is 2.25. The second-order valence-corrected chi connectivity index (χ2v) is 6.15. The first-order valence-corrected chi connectivity index (χ1v) is 6.60. The number of hydrogen-bond donors (Lipinski definition) is 1. The van der Waals surface area contributed by atoms with E-state index in [1.165, 1.54) is 12.8 Å². The Bertz CT molecular complexity index is 242. The number of rotatable bonds is 1. The van der Waals surface area contributed by atoms with Gasteiger partial charge in [0.15, 0.2) is 0 Å². The lowest BCUT2D eigenvalue weighted by Crippen LogP contribution is -2.63. The molecule has 2 fully saturated rings. The van der Waals surface area contributed by atoms with Crippen LogP contribution in [0.5, 0.6) is 0 Å². The third-order valence-corrected chi connectivity index (χ3v) is 3.95. The molecule has 3 heteroatoms. The van der Waals surface area contributed by atoms with Gasteiger partial charge in [-0.05, 0) is 40.5 Å². The predicted molar refractivity (Wildman–Crippen MR) is 66.7 cm³/mol. The van der Waals surface area contributed by atoms with Gasteiger partial charge in [-0.1, -0.05) is 0 Å². The maximum atomic E-state index is 5.64. The topological polar surface area (TPSA) is 24.5 Å². The Balaban J connectivity index is 2.00. The lowest BCUT2D eigenvalue weighted by atomic mass is 9.93. The zero-order valence-electron chi connectivity index (χ0n) is 11.1. The van der Waals surface area contributed by atoms with Crippen molar-refractivity contribution < 1.29 is 4.74 Å². The van der Waals surface area contributed by atoms with Crippen molar-refractivity contribution in [1.82, 2.24) is 10.2 Å². The molecule has 2 rings (SSSR count). The van der Waals surface area contributed by atoms with Crippen molar-refractivity contribution in [2.24, 2.45) is 0 Å². The number of nitrogens with zero attached hydrogens (tertiary/aromatic N) is 1. The summed E-state index contributed by atoms with van der Waals surface area (Å²) in [5.74, 6) is 0. The molecule has 0 aromatic rings. The van der Waals surface area contributed by atoms with Crippen molar-refractivity contribution in [2.75, 3.05) is 19.7 Å². The molecule has 0 aromatic heterocycles. The van der Waals surface area contributed by atoms with E-state index in [-0.39, 0.29) is 5.54 Å². The quantitative estimate of drug-likeness (QED) is 0.735. The molecule has 2 saturated heterocycles. The summed E-state index contributed by atoms with van der Waals surface area (Å²) in [6.07, 6.45) is 2.83. The summed E-state index contributed by atoms with van der Waals surface area (Å²) in [5, 5.41) is 3.62. The lowest BCUT2D eigenvalue weighted by molar-refractivity contribution is -0.0416. The van der Waals surface area contributed by atoms with E-state index < -0.39 is 0 Å². The van der Waals surface area contributed by atoms with Crippen LogP contribution in [-0.2, 0) is 4.74 Å². The first-order valence-electron chi connectivity index (χ1n) is 6.60. The fourth-order valence-electron chi connectivity index (χ4n) is 2.97. The number of hydrogen-bond acceptors (Lipinski definition) is 3. The Morgan fingerprint density at radius 3 is 2.75 bits per heavy atom. The first-order chi connectivity index (χ1) is 7.48. The van der Waals surface area contributed by atoms with Crippen LogP contribution in [0.15, 0.2) is 0 Å². The monoisotopic (exact) mass is 226 g/mol. The summed E-state index contributed by atoms with van der Waals surface area (Å²) >= 11 is 0. The molecule has 16 heavy (non-hydrogen) atoms. The van der Waals surface area contributed by atoms with Gasteiger partial charge in [0.1, 0.15) is 0 Å². The van der Waals surface area contributed by atoms with E-state index in [4.69, 9.17) is 4.74 Å². The molecule has 2 aliphatic heterocycles. The molecule has 0 spiro atoms. The van der Waals surface area contributed by atoms with Crippen molar-refractivity contribution in [2.45, 2.75) is 64.3 Å². The zero-order chi connectivity index (χ0) is 11.8. The predicted octanol–water partition coefficient (Wildman–Crippen LogP) is 1.63. The minimum atomic E-state index is 0.258. The summed E-state index contributed by atoms with van der Waals surface area (Å²) in [5.41, 5.74) is 0.258. The molecule has 94 valence electrons. The summed E-state index contributed by atoms with van der Waals surface area (Å²) in [7, 11) is 0. The van der Waals surface area contributed by atoms with Crippen molar-refractivity contribution in [3.05, 3.63) is 0 Å². The summed E-state index contributed by atoms with van der Waals surface area (Å²) < 4.78 is 5.64. The van der Waals surface area contributed by atoms with Crippen molar-refractivity contribution in [3.8, 4) is 0 Å². The van der Waals surface area contributed by atoms with Crippen molar-refractivity contribution >= 4 is 0 Å². The molecule has 2 heterocycles. The van der Waals surface area contributed by atoms with Crippen LogP contribution in [0.3, 0.4) is 0 Å². The number of piperazine rings is 1. The van der Waals surface area contributed by atoms with Gasteiger partial charge in [0.2, 0.25) is 0 Å². The average molecular weight is 226 g/mol. The molecule has 0 bridgehead atoms. The third-order valence-electron chi connectivity index (χ3n) is 3.95. The van der Waals surface area contributed by atoms with Gasteiger partial charge in [-0.15, -0.1) is 0 Å². The van der Waals surface area contributed by atoms with Crippen molar-refractivity contribution in [1.29, 1.82) is 0 Å². The first kappa shape index (κ1) is 12.3. The molecule has 2 aliphatic rings. The zero-order valence-corrected chi connectivity index (χ0v) is 11.1. The van der Waals surface area contributed by atoms with E-state index in [1.807, 2.05) is 0 Å². The van der Waals surface area contributed by atoms with Gasteiger partial charge in [-0.25, -0.2) is 0 Å². The van der Waals surface area contributed by atoms with Crippen LogP contribution in [-0.4, -0.2) is 48.3 Å². The molecule has 0 aromatic carbocycles. The highest BCUT2D eigenvalue weighted by molar-refractivity contribution is 4.94. The Labute approximate surface area is 99.5 Å². The molecule has 3 atom stereocenters. The Morgan fingerprint density at radius 1 is 1.31 bits per heavy atom. The van der Waals surface area contributed by atoms with E-state index in [9.17, 15) is 0 Å². The van der Waals surface area contributed by atoms with E-state index in [0.29, 0.717) is 12.1 Å². The van der Waals surface area contributed by atoms with Crippen LogP contribution >= 0.6 is 0 Å². The van der Waals surface area contributed by atoms with E-state index >= 15 is 0 Å². The number of nitrogens with one attached hydrogen (secondary N) is 1. The molecule has 0 saturated carbocycles. The normalized spacial score (nSPS) is 40.9. The Kier molecular flexibility index (Phi) is 3.57. The second-order valence-electron chi connectivity index (χ2n) is 6.15. The van der Waals surface area contributed by atoms with Crippen LogP contribution in [0.25, 0.3) is 0 Å². The minimum Gasteiger partial charge on any atom is -0.378 e. The van der Waals surface area contributed by atoms with Crippen molar-refractivity contribution in [3.63, 3.8) is 0 Å². The molecule has 3 nitrogen and oxygen atoms in total. The van der Waals surface area contributed by atoms with E-state index in [2.05, 4.69) is 37.9 Å². The molecule has 0 radical (unpaired) electrons. The third kappa shape index (κ3) is 2.76. The molecule has 1 N–H and O–H groups in total. The van der Waals surface area contributed by atoms with Crippen LogP contribution in [0, 0.1) is 0 Å². The average Bonchev–Trinajstić information content (AvgIpc) is 2.22. The summed E-state index contributed by atoms with van der Waals surface area (Å²) in [6.45, 7) is 12.3. The van der Waals surface area contributed by atoms with Gasteiger partial charge in [0, 0.05) is 37.3 Å². The minimum absolute atomic E-state index is 0.258. The maximum absolute atomic E-state index is 5.64. The van der Waals surface area contributed by atoms with Gasteiger partial charge in [-0.3, -0.25) is 4.90 Å². The van der Waals surface area contributed by atoms with Gasteiger partial charge < -0.3 is 10.1 Å². The summed E-state index contributed by atoms with van der Waals surface area (Å²) in [6, 6.07) is 1.38. The largest absolute Gasteiger partial charge is 0.378 e. The summed E-state index contributed by atoms with van der Waals surface area (Å²) in [4.78, 5) is 2.69. The van der Waals surface area contributed by atoms with Gasteiger partial charge in [0.25, 0.3) is 0 Å². The molecular weight excluding hydrogens is 200 g/mol. The lowest BCUT2D eigenvalue weighted by Gasteiger charge is -2.48. The van der Waals surface area contributed by atoms with Gasteiger partial charge in [0.05, 0.1) is 6.10 Å². The number of ether oxygens (including phenoxy) is 1. The van der Waals surface area contributed by atoms with Crippen LogP contribution < -0.4 is 5.32 Å². The van der Waals surface area contributed by atoms with E-state index in [1.54, 1.807) is 0 Å². The van der Waals surface area contributed by atoms with Crippen LogP contribution in [0.4, 0.5) is 0 Å². The highest BCUT2D eigenvalue weighted by Gasteiger charge is 2.35. The fourth-order valence-corrected chi connectivity index (χ4v) is 2.97. The molecule has 3 unspecified atom stereocenters. The maximum Gasteiger partial charge on any atom is 0.0561 e. The van der Waals surface area contributed by atoms with E-state index in [0.717, 1.165) is 25.7 Å². The smallest absolute Gasteiger partial charge is 0.0561 e. The van der Waals surface area contributed by atoms with Gasteiger partial charge >= 0.3 is 0 Å². The molecule has 0 aliphatic carbocycles. The van der Waals surface area contributed by atoms with Crippen LogP contribution in [0.2, 0.25) is 0 Å². The Hall–Kier alpha value is -0.120. The second kappa shape index (κ2) is 4.63. The fraction of sp³-hybridized carbons (Fsp3) is 1.00. The Morgan fingerprint density at radius 2 is 2.06 bits per heavy atom.